The van der Waals surface area contributed by atoms with Gasteiger partial charge in [-0.3, -0.25) is 9.48 Å². The van der Waals surface area contributed by atoms with Gasteiger partial charge in [0.05, 0.1) is 29.1 Å². The second-order valence-corrected chi connectivity index (χ2v) is 9.45. The molecule has 2 aromatic rings. The first-order valence-electron chi connectivity index (χ1n) is 8.85. The molecule has 134 valence electrons. The summed E-state index contributed by atoms with van der Waals surface area (Å²) < 4.78 is 25.9. The van der Waals surface area contributed by atoms with Crippen LogP contribution >= 0.6 is 0 Å². The molecule has 1 aromatic heterocycles. The number of nitrogens with zero attached hydrogens (tertiary/aromatic N) is 3. The predicted molar refractivity (Wildman–Crippen MR) is 95.9 cm³/mol. The molecule has 1 aliphatic carbocycles. The number of carbonyl (C=O) groups is 1. The van der Waals surface area contributed by atoms with Crippen LogP contribution in [0.15, 0.2) is 24.3 Å². The van der Waals surface area contributed by atoms with E-state index in [0.29, 0.717) is 12.5 Å². The summed E-state index contributed by atoms with van der Waals surface area (Å²) in [4.78, 5) is 14.8. The molecule has 2 heterocycles. The van der Waals surface area contributed by atoms with Gasteiger partial charge in [0, 0.05) is 25.0 Å². The lowest BCUT2D eigenvalue weighted by atomic mass is 9.79. The molecular formula is C18H23N3O3S. The number of amides is 1. The number of rotatable bonds is 3. The van der Waals surface area contributed by atoms with Crippen molar-refractivity contribution in [1.82, 2.24) is 14.7 Å². The maximum atomic E-state index is 13.0. The highest BCUT2D eigenvalue weighted by atomic mass is 32.2. The van der Waals surface area contributed by atoms with Crippen LogP contribution in [0.4, 0.5) is 0 Å². The van der Waals surface area contributed by atoms with E-state index < -0.39 is 9.84 Å². The van der Waals surface area contributed by atoms with E-state index >= 15 is 0 Å². The third-order valence-corrected chi connectivity index (χ3v) is 7.29. The van der Waals surface area contributed by atoms with Crippen molar-refractivity contribution < 1.29 is 13.2 Å². The highest BCUT2D eigenvalue weighted by Crippen LogP contribution is 2.35. The maximum Gasteiger partial charge on any atom is 0.229 e. The SMILES string of the molecule is Cn1nc(CC(=O)N2CCS(=O)(=O)C[C@H]2C2CCC2)c2ccccc21. The topological polar surface area (TPSA) is 72.3 Å². The first kappa shape index (κ1) is 16.6. The van der Waals surface area contributed by atoms with Gasteiger partial charge in [-0.2, -0.15) is 5.10 Å². The first-order valence-corrected chi connectivity index (χ1v) is 10.7. The third-order valence-electron chi connectivity index (χ3n) is 5.64. The van der Waals surface area contributed by atoms with E-state index in [9.17, 15) is 13.2 Å². The normalized spacial score (nSPS) is 23.6. The van der Waals surface area contributed by atoms with Crippen LogP contribution in [-0.4, -0.2) is 53.1 Å². The van der Waals surface area contributed by atoms with Gasteiger partial charge >= 0.3 is 0 Å². The molecule has 25 heavy (non-hydrogen) atoms. The van der Waals surface area contributed by atoms with Crippen molar-refractivity contribution in [3.8, 4) is 0 Å². The second-order valence-electron chi connectivity index (χ2n) is 7.22. The molecule has 7 heteroatoms. The average molecular weight is 361 g/mol. The van der Waals surface area contributed by atoms with Gasteiger partial charge in [-0.1, -0.05) is 24.6 Å². The Hall–Kier alpha value is -1.89. The molecule has 0 radical (unpaired) electrons. The van der Waals surface area contributed by atoms with Crippen LogP contribution < -0.4 is 0 Å². The minimum atomic E-state index is -3.04. The molecule has 6 nitrogen and oxygen atoms in total. The number of benzene rings is 1. The van der Waals surface area contributed by atoms with Gasteiger partial charge in [0.15, 0.2) is 9.84 Å². The summed E-state index contributed by atoms with van der Waals surface area (Å²) >= 11 is 0. The van der Waals surface area contributed by atoms with E-state index in [-0.39, 0.29) is 29.9 Å². The summed E-state index contributed by atoms with van der Waals surface area (Å²) in [6.07, 6.45) is 3.41. The lowest BCUT2D eigenvalue weighted by Gasteiger charge is -2.43. The molecule has 2 fully saturated rings. The molecule has 1 saturated heterocycles. The van der Waals surface area contributed by atoms with Crippen molar-refractivity contribution in [3.63, 3.8) is 0 Å². The van der Waals surface area contributed by atoms with Gasteiger partial charge < -0.3 is 4.90 Å². The Bertz CT molecular complexity index is 915. The van der Waals surface area contributed by atoms with Gasteiger partial charge in [0.25, 0.3) is 0 Å². The zero-order chi connectivity index (χ0) is 17.6. The van der Waals surface area contributed by atoms with E-state index in [2.05, 4.69) is 5.10 Å². The van der Waals surface area contributed by atoms with E-state index in [4.69, 9.17) is 0 Å². The Morgan fingerprint density at radius 2 is 2.04 bits per heavy atom. The Balaban J connectivity index is 1.58. The molecule has 4 rings (SSSR count). The van der Waals surface area contributed by atoms with Crippen molar-refractivity contribution in [1.29, 1.82) is 0 Å². The second kappa shape index (κ2) is 6.12. The quantitative estimate of drug-likeness (QED) is 0.831. The number of carbonyl (C=O) groups excluding carboxylic acids is 1. The third kappa shape index (κ3) is 3.05. The zero-order valence-corrected chi connectivity index (χ0v) is 15.2. The Kier molecular flexibility index (Phi) is 4.06. The van der Waals surface area contributed by atoms with Crippen LogP contribution in [0.5, 0.6) is 0 Å². The molecule has 1 atom stereocenters. The smallest absolute Gasteiger partial charge is 0.229 e. The van der Waals surface area contributed by atoms with Crippen LogP contribution in [0.2, 0.25) is 0 Å². The summed E-state index contributed by atoms with van der Waals surface area (Å²) in [5, 5.41) is 5.50. The van der Waals surface area contributed by atoms with E-state index in [1.807, 2.05) is 36.2 Å². The highest BCUT2D eigenvalue weighted by Gasteiger charge is 2.40. The molecular weight excluding hydrogens is 338 g/mol. The number of hydrogen-bond acceptors (Lipinski definition) is 4. The number of hydrogen-bond donors (Lipinski definition) is 0. The minimum Gasteiger partial charge on any atom is -0.337 e. The standard InChI is InChI=1S/C18H23N3O3S/c1-20-16-8-3-2-7-14(16)15(19-20)11-18(22)21-9-10-25(23,24)12-17(21)13-5-4-6-13/h2-3,7-8,13,17H,4-6,9-12H2,1H3/t17-/m0/s1. The first-order chi connectivity index (χ1) is 11.9. The zero-order valence-electron chi connectivity index (χ0n) is 14.4. The number of sulfone groups is 1. The van der Waals surface area contributed by atoms with Crippen molar-refractivity contribution >= 4 is 26.6 Å². The van der Waals surface area contributed by atoms with Gasteiger partial charge in [-0.15, -0.1) is 0 Å². The maximum absolute atomic E-state index is 13.0. The summed E-state index contributed by atoms with van der Waals surface area (Å²) in [7, 11) is -1.16. The van der Waals surface area contributed by atoms with E-state index in [1.165, 1.54) is 0 Å². The molecule has 1 saturated carbocycles. The molecule has 1 aliphatic heterocycles. The molecule has 1 aromatic carbocycles. The summed E-state index contributed by atoms with van der Waals surface area (Å²) in [6, 6.07) is 7.71. The van der Waals surface area contributed by atoms with Crippen molar-refractivity contribution in [3.05, 3.63) is 30.0 Å². The van der Waals surface area contributed by atoms with Gasteiger partial charge in [-0.25, -0.2) is 8.42 Å². The van der Waals surface area contributed by atoms with Gasteiger partial charge in [0.2, 0.25) is 5.91 Å². The van der Waals surface area contributed by atoms with Crippen LogP contribution in [0, 0.1) is 5.92 Å². The number of para-hydroxylation sites is 1. The average Bonchev–Trinajstić information content (AvgIpc) is 2.82. The van der Waals surface area contributed by atoms with Crippen LogP contribution in [0.1, 0.15) is 25.0 Å². The number of aryl methyl sites for hydroxylation is 1. The van der Waals surface area contributed by atoms with Crippen LogP contribution in [-0.2, 0) is 28.1 Å². The fourth-order valence-electron chi connectivity index (χ4n) is 4.03. The highest BCUT2D eigenvalue weighted by molar-refractivity contribution is 7.91. The van der Waals surface area contributed by atoms with Crippen molar-refractivity contribution in [2.24, 2.45) is 13.0 Å². The fraction of sp³-hybridized carbons (Fsp3) is 0.556. The van der Waals surface area contributed by atoms with E-state index in [0.717, 1.165) is 35.9 Å². The molecule has 1 amide bonds. The van der Waals surface area contributed by atoms with Gasteiger partial charge in [0.1, 0.15) is 0 Å². The van der Waals surface area contributed by atoms with Crippen molar-refractivity contribution in [2.75, 3.05) is 18.1 Å². The summed E-state index contributed by atoms with van der Waals surface area (Å²) in [6.45, 7) is 0.313. The minimum absolute atomic E-state index is 0.00402. The molecule has 0 bridgehead atoms. The molecule has 0 spiro atoms. The summed E-state index contributed by atoms with van der Waals surface area (Å²) in [5.74, 6) is 0.521. The van der Waals surface area contributed by atoms with E-state index in [1.54, 1.807) is 4.68 Å². The Morgan fingerprint density at radius 3 is 2.76 bits per heavy atom. The molecule has 2 aliphatic rings. The number of aromatic nitrogens is 2. The summed E-state index contributed by atoms with van der Waals surface area (Å²) in [5.41, 5.74) is 1.77. The molecule has 0 N–H and O–H groups in total. The predicted octanol–water partition coefficient (Wildman–Crippen LogP) is 1.54. The van der Waals surface area contributed by atoms with Crippen LogP contribution in [0.3, 0.4) is 0 Å². The largest absolute Gasteiger partial charge is 0.337 e. The van der Waals surface area contributed by atoms with Gasteiger partial charge in [-0.05, 0) is 24.8 Å². The lowest BCUT2D eigenvalue weighted by Crippen LogP contribution is -2.56. The lowest BCUT2D eigenvalue weighted by molar-refractivity contribution is -0.134. The van der Waals surface area contributed by atoms with Crippen molar-refractivity contribution in [2.45, 2.75) is 31.7 Å². The Morgan fingerprint density at radius 1 is 1.28 bits per heavy atom. The number of fused-ring (bicyclic) bond motifs is 1. The Labute approximate surface area is 147 Å². The monoisotopic (exact) mass is 361 g/mol. The fourth-order valence-corrected chi connectivity index (χ4v) is 5.64. The molecule has 0 unspecified atom stereocenters. The van der Waals surface area contributed by atoms with Crippen LogP contribution in [0.25, 0.3) is 10.9 Å².